The van der Waals surface area contributed by atoms with Crippen LogP contribution in [0.25, 0.3) is 0 Å². The van der Waals surface area contributed by atoms with Gasteiger partial charge >= 0.3 is 6.03 Å². The van der Waals surface area contributed by atoms with E-state index in [0.717, 1.165) is 10.0 Å². The van der Waals surface area contributed by atoms with Crippen molar-refractivity contribution < 1.29 is 9.59 Å². The van der Waals surface area contributed by atoms with Crippen LogP contribution in [0.4, 0.5) is 4.79 Å². The molecule has 1 atom stereocenters. The molecular formula is C13H14BrClN2O2. The minimum atomic E-state index is -0.807. The Balaban J connectivity index is 2.24. The molecule has 0 aromatic heterocycles. The Morgan fingerprint density at radius 3 is 2.63 bits per heavy atom. The van der Waals surface area contributed by atoms with Crippen LogP contribution in [0, 0.1) is 0 Å². The molecule has 1 fully saturated rings. The van der Waals surface area contributed by atoms with Gasteiger partial charge < -0.3 is 5.32 Å². The van der Waals surface area contributed by atoms with Crippen molar-refractivity contribution in [3.63, 3.8) is 0 Å². The summed E-state index contributed by atoms with van der Waals surface area (Å²) in [5.41, 5.74) is -0.0624. The van der Waals surface area contributed by atoms with Gasteiger partial charge in [0.2, 0.25) is 0 Å². The van der Waals surface area contributed by atoms with E-state index in [1.165, 1.54) is 4.90 Å². The summed E-state index contributed by atoms with van der Waals surface area (Å²) in [4.78, 5) is 25.3. The number of amides is 3. The van der Waals surface area contributed by atoms with E-state index in [1.807, 2.05) is 13.0 Å². The molecule has 1 aromatic carbocycles. The summed E-state index contributed by atoms with van der Waals surface area (Å²) in [5, 5.41) is 3.24. The molecular weight excluding hydrogens is 332 g/mol. The molecule has 1 N–H and O–H groups in total. The summed E-state index contributed by atoms with van der Waals surface area (Å²) in [7, 11) is 0. The number of carbonyl (C=O) groups excluding carboxylic acids is 2. The maximum Gasteiger partial charge on any atom is 0.325 e. The number of hydrogen-bond acceptors (Lipinski definition) is 2. The number of urea groups is 1. The summed E-state index contributed by atoms with van der Waals surface area (Å²) < 4.78 is 0.858. The molecule has 1 aliphatic rings. The van der Waals surface area contributed by atoms with Crippen molar-refractivity contribution in [1.82, 2.24) is 10.2 Å². The number of imide groups is 1. The molecule has 102 valence electrons. The van der Waals surface area contributed by atoms with Gasteiger partial charge in [-0.05, 0) is 31.0 Å². The van der Waals surface area contributed by atoms with Crippen LogP contribution in [-0.4, -0.2) is 22.4 Å². The molecule has 1 aromatic rings. The maximum atomic E-state index is 12.2. The monoisotopic (exact) mass is 344 g/mol. The molecule has 1 saturated heterocycles. The molecule has 0 spiro atoms. The predicted octanol–water partition coefficient (Wildman–Crippen LogP) is 3.32. The highest BCUT2D eigenvalue weighted by Gasteiger charge is 2.46. The first-order chi connectivity index (χ1) is 8.87. The van der Waals surface area contributed by atoms with Crippen molar-refractivity contribution in [2.24, 2.45) is 0 Å². The first-order valence-electron chi connectivity index (χ1n) is 5.95. The van der Waals surface area contributed by atoms with Crippen LogP contribution in [-0.2, 0) is 11.3 Å². The Morgan fingerprint density at radius 2 is 2.11 bits per heavy atom. The average Bonchev–Trinajstić information content (AvgIpc) is 2.56. The highest BCUT2D eigenvalue weighted by molar-refractivity contribution is 9.10. The number of halogens is 2. The van der Waals surface area contributed by atoms with Crippen LogP contribution in [0.5, 0.6) is 0 Å². The van der Waals surface area contributed by atoms with E-state index < -0.39 is 5.54 Å². The molecule has 0 aliphatic carbocycles. The van der Waals surface area contributed by atoms with Crippen molar-refractivity contribution in [3.05, 3.63) is 33.3 Å². The lowest BCUT2D eigenvalue weighted by Crippen LogP contribution is -2.43. The molecule has 0 saturated carbocycles. The smallest absolute Gasteiger partial charge is 0.323 e. The molecule has 0 bridgehead atoms. The van der Waals surface area contributed by atoms with Crippen LogP contribution >= 0.6 is 27.5 Å². The van der Waals surface area contributed by atoms with E-state index in [-0.39, 0.29) is 18.5 Å². The largest absolute Gasteiger partial charge is 0.325 e. The quantitative estimate of drug-likeness (QED) is 0.854. The van der Waals surface area contributed by atoms with E-state index in [4.69, 9.17) is 11.6 Å². The maximum absolute atomic E-state index is 12.2. The lowest BCUT2D eigenvalue weighted by atomic mass is 9.99. The zero-order valence-electron chi connectivity index (χ0n) is 10.7. The number of nitrogens with zero attached hydrogens (tertiary/aromatic N) is 1. The predicted molar refractivity (Wildman–Crippen MR) is 76.9 cm³/mol. The highest BCUT2D eigenvalue weighted by Crippen LogP contribution is 2.26. The second-order valence-electron chi connectivity index (χ2n) is 4.74. The molecule has 1 unspecified atom stereocenters. The standard InChI is InChI=1S/C13H14BrClN2O2/c1-3-13(2)11(18)17(12(19)16-13)7-8-4-5-9(14)6-10(8)15/h4-6H,3,7H2,1-2H3,(H,16,19). The lowest BCUT2D eigenvalue weighted by molar-refractivity contribution is -0.131. The molecule has 0 radical (unpaired) electrons. The highest BCUT2D eigenvalue weighted by atomic mass is 79.9. The fraction of sp³-hybridized carbons (Fsp3) is 0.385. The van der Waals surface area contributed by atoms with Gasteiger partial charge in [-0.1, -0.05) is 40.5 Å². The lowest BCUT2D eigenvalue weighted by Gasteiger charge is -2.19. The number of benzene rings is 1. The number of hydrogen-bond donors (Lipinski definition) is 1. The summed E-state index contributed by atoms with van der Waals surface area (Å²) >= 11 is 9.43. The average molecular weight is 346 g/mol. The number of nitrogens with one attached hydrogen (secondary N) is 1. The molecule has 6 heteroatoms. The Bertz CT molecular complexity index is 549. The summed E-state index contributed by atoms with van der Waals surface area (Å²) in [5.74, 6) is -0.209. The molecule has 1 heterocycles. The Kier molecular flexibility index (Phi) is 3.87. The van der Waals surface area contributed by atoms with Crippen molar-refractivity contribution in [3.8, 4) is 0 Å². The third-order valence-corrected chi connectivity index (χ3v) is 4.24. The minimum absolute atomic E-state index is 0.187. The molecule has 1 aliphatic heterocycles. The second kappa shape index (κ2) is 5.13. The molecule has 2 rings (SSSR count). The number of carbonyl (C=O) groups is 2. The summed E-state index contributed by atoms with van der Waals surface area (Å²) in [6.07, 6.45) is 0.558. The van der Waals surface area contributed by atoms with Crippen molar-refractivity contribution in [2.45, 2.75) is 32.4 Å². The van der Waals surface area contributed by atoms with Crippen molar-refractivity contribution >= 4 is 39.5 Å². The van der Waals surface area contributed by atoms with Gasteiger partial charge in [-0.15, -0.1) is 0 Å². The number of rotatable bonds is 3. The van der Waals surface area contributed by atoms with Gasteiger partial charge in [-0.25, -0.2) is 4.79 Å². The van der Waals surface area contributed by atoms with Gasteiger partial charge in [0.15, 0.2) is 0 Å². The van der Waals surface area contributed by atoms with Crippen LogP contribution in [0.15, 0.2) is 22.7 Å². The minimum Gasteiger partial charge on any atom is -0.323 e. The Hall–Kier alpha value is -1.07. The van der Waals surface area contributed by atoms with Crippen molar-refractivity contribution in [1.29, 1.82) is 0 Å². The van der Waals surface area contributed by atoms with Gasteiger partial charge in [0.25, 0.3) is 5.91 Å². The Morgan fingerprint density at radius 1 is 1.42 bits per heavy atom. The van der Waals surface area contributed by atoms with E-state index in [1.54, 1.807) is 19.1 Å². The van der Waals surface area contributed by atoms with E-state index in [9.17, 15) is 9.59 Å². The normalized spacial score (nSPS) is 22.8. The fourth-order valence-corrected chi connectivity index (χ4v) is 2.68. The zero-order valence-corrected chi connectivity index (χ0v) is 13.0. The molecule has 4 nitrogen and oxygen atoms in total. The third-order valence-electron chi connectivity index (χ3n) is 3.40. The third kappa shape index (κ3) is 2.62. The van der Waals surface area contributed by atoms with Gasteiger partial charge in [0.05, 0.1) is 6.54 Å². The second-order valence-corrected chi connectivity index (χ2v) is 6.07. The van der Waals surface area contributed by atoms with Crippen LogP contribution in [0.2, 0.25) is 5.02 Å². The van der Waals surface area contributed by atoms with E-state index in [2.05, 4.69) is 21.2 Å². The van der Waals surface area contributed by atoms with Crippen molar-refractivity contribution in [2.75, 3.05) is 0 Å². The summed E-state index contributed by atoms with van der Waals surface area (Å²) in [6.45, 7) is 3.79. The first kappa shape index (κ1) is 14.3. The molecule has 3 amide bonds. The van der Waals surface area contributed by atoms with E-state index >= 15 is 0 Å². The van der Waals surface area contributed by atoms with Gasteiger partial charge in [-0.2, -0.15) is 0 Å². The van der Waals surface area contributed by atoms with Crippen LogP contribution < -0.4 is 5.32 Å². The zero-order chi connectivity index (χ0) is 14.2. The SMILES string of the molecule is CCC1(C)NC(=O)N(Cc2ccc(Br)cc2Cl)C1=O. The fourth-order valence-electron chi connectivity index (χ4n) is 1.95. The van der Waals surface area contributed by atoms with Crippen LogP contribution in [0.1, 0.15) is 25.8 Å². The van der Waals surface area contributed by atoms with Gasteiger partial charge in [-0.3, -0.25) is 9.69 Å². The van der Waals surface area contributed by atoms with Gasteiger partial charge in [0.1, 0.15) is 5.54 Å². The Labute approximate surface area is 125 Å². The molecule has 19 heavy (non-hydrogen) atoms. The van der Waals surface area contributed by atoms with E-state index in [0.29, 0.717) is 11.4 Å². The summed E-state index contributed by atoms with van der Waals surface area (Å²) in [6, 6.07) is 5.01. The van der Waals surface area contributed by atoms with Gasteiger partial charge in [0, 0.05) is 9.50 Å². The van der Waals surface area contributed by atoms with Crippen LogP contribution in [0.3, 0.4) is 0 Å². The first-order valence-corrected chi connectivity index (χ1v) is 7.12. The topological polar surface area (TPSA) is 49.4 Å².